The van der Waals surface area contributed by atoms with E-state index in [1.54, 1.807) is 12.1 Å². The number of hydrogen-bond donors (Lipinski definition) is 0. The zero-order valence-corrected chi connectivity index (χ0v) is 20.4. The number of H-pyrrole nitrogens is 1. The molecule has 3 rings (SSSR count). The van der Waals surface area contributed by atoms with Crippen LogP contribution >= 0.6 is 60.3 Å². The van der Waals surface area contributed by atoms with Crippen LogP contribution in [0.3, 0.4) is 0 Å². The number of benzene rings is 1. The van der Waals surface area contributed by atoms with Gasteiger partial charge >= 0.3 is 50.5 Å². The number of thiazole rings is 1. The molecule has 0 radical (unpaired) electrons. The summed E-state index contributed by atoms with van der Waals surface area (Å²) in [6, 6.07) is 11.7. The first-order chi connectivity index (χ1) is 9.67. The van der Waals surface area contributed by atoms with Crippen LogP contribution in [0.1, 0.15) is 12.8 Å². The SMILES string of the molecule is C[Si]1(CSc2[nH+]c3ccccc3s2)CCCC1.I[I-]I. The van der Waals surface area contributed by atoms with Gasteiger partial charge in [-0.05, 0) is 23.2 Å². The van der Waals surface area contributed by atoms with Gasteiger partial charge in [-0.2, -0.15) is 4.98 Å². The van der Waals surface area contributed by atoms with Crippen molar-refractivity contribution in [2.75, 3.05) is 5.38 Å². The molecule has 1 saturated heterocycles. The molecule has 1 aliphatic heterocycles. The molecule has 2 aromatic rings. The van der Waals surface area contributed by atoms with E-state index in [2.05, 4.69) is 84.8 Å². The maximum atomic E-state index is 3.54. The minimum absolute atomic E-state index is 0.530. The first-order valence-electron chi connectivity index (χ1n) is 6.57. The molecule has 20 heavy (non-hydrogen) atoms. The molecule has 2 heterocycles. The Morgan fingerprint density at radius 1 is 1.30 bits per heavy atom. The van der Waals surface area contributed by atoms with Gasteiger partial charge in [-0.25, -0.2) is 0 Å². The van der Waals surface area contributed by atoms with E-state index in [1.807, 2.05) is 11.3 Å². The van der Waals surface area contributed by atoms with Crippen LogP contribution in [0.15, 0.2) is 28.6 Å². The van der Waals surface area contributed by atoms with E-state index >= 15 is 0 Å². The third-order valence-corrected chi connectivity index (χ3v) is 12.0. The molecule has 0 aliphatic carbocycles. The predicted molar refractivity (Wildman–Crippen MR) is 108 cm³/mol. The van der Waals surface area contributed by atoms with Gasteiger partial charge in [0.15, 0.2) is 0 Å². The number of thioether (sulfide) groups is 1. The van der Waals surface area contributed by atoms with Gasteiger partial charge in [0.1, 0.15) is 4.70 Å². The van der Waals surface area contributed by atoms with E-state index in [0.717, 1.165) is 0 Å². The Bertz CT molecular complexity index is 510. The third kappa shape index (κ3) is 5.50. The summed E-state index contributed by atoms with van der Waals surface area (Å²) in [5.74, 6) is 0. The Kier molecular flexibility index (Phi) is 8.41. The number of para-hydroxylation sites is 1. The Balaban J connectivity index is 0.000000452. The van der Waals surface area contributed by atoms with Crippen molar-refractivity contribution in [3.8, 4) is 0 Å². The summed E-state index contributed by atoms with van der Waals surface area (Å²) in [4.78, 5) is 3.54. The fourth-order valence-electron chi connectivity index (χ4n) is 2.57. The third-order valence-electron chi connectivity index (χ3n) is 3.69. The van der Waals surface area contributed by atoms with Crippen molar-refractivity contribution in [2.24, 2.45) is 0 Å². The first-order valence-corrected chi connectivity index (χ1v) is 24.1. The summed E-state index contributed by atoms with van der Waals surface area (Å²) in [5.41, 5.74) is 1.29. The topological polar surface area (TPSA) is 14.1 Å². The van der Waals surface area contributed by atoms with Gasteiger partial charge in [0, 0.05) is 6.07 Å². The molecule has 0 saturated carbocycles. The molecule has 0 bridgehead atoms. The standard InChI is InChI=1S/C13H17NS2Si.I3/c1-17(8-4-5-9-17)10-15-13-14-11-6-2-3-7-12(11)16-13;1-3-2/h2-3,6-7H,4-5,8-10H2,1H3;/q;-1/p+1. The van der Waals surface area contributed by atoms with Crippen molar-refractivity contribution >= 4 is 78.6 Å². The number of aromatic nitrogens is 1. The summed E-state index contributed by atoms with van der Waals surface area (Å²) in [6.45, 7) is 2.58. The van der Waals surface area contributed by atoms with E-state index in [4.69, 9.17) is 0 Å². The van der Waals surface area contributed by atoms with Crippen LogP contribution < -0.4 is 18.2 Å². The number of hydrogen-bond acceptors (Lipinski definition) is 2. The second kappa shape index (κ2) is 9.23. The van der Waals surface area contributed by atoms with E-state index in [1.165, 1.54) is 32.8 Å². The quantitative estimate of drug-likeness (QED) is 0.281. The Morgan fingerprint density at radius 2 is 1.95 bits per heavy atom. The average molecular weight is 661 g/mol. The summed E-state index contributed by atoms with van der Waals surface area (Å²) < 4.78 is 2.78. The zero-order chi connectivity index (χ0) is 14.4. The molecule has 0 atom stereocenters. The van der Waals surface area contributed by atoms with Crippen molar-refractivity contribution in [1.29, 1.82) is 0 Å². The maximum absolute atomic E-state index is 3.54. The van der Waals surface area contributed by atoms with Gasteiger partial charge in [0.05, 0.1) is 8.07 Å². The van der Waals surface area contributed by atoms with Gasteiger partial charge in [0.2, 0.25) is 5.52 Å². The minimum atomic E-state index is -0.868. The van der Waals surface area contributed by atoms with Crippen LogP contribution in [0.25, 0.3) is 10.2 Å². The zero-order valence-electron chi connectivity index (χ0n) is 11.3. The summed E-state index contributed by atoms with van der Waals surface area (Å²) >= 11 is 9.28. The van der Waals surface area contributed by atoms with E-state index < -0.39 is 8.07 Å². The Hall–Kier alpha value is 1.87. The van der Waals surface area contributed by atoms with E-state index in [0.29, 0.717) is 13.3 Å². The number of halogens is 3. The van der Waals surface area contributed by atoms with Gasteiger partial charge in [-0.1, -0.05) is 54.9 Å². The predicted octanol–water partition coefficient (Wildman–Crippen LogP) is 2.99. The van der Waals surface area contributed by atoms with Gasteiger partial charge < -0.3 is 0 Å². The molecule has 0 amide bonds. The molecule has 1 nitrogen and oxygen atoms in total. The van der Waals surface area contributed by atoms with Crippen LogP contribution in [0.2, 0.25) is 18.6 Å². The molecule has 0 spiro atoms. The second-order valence-electron chi connectivity index (χ2n) is 5.37. The van der Waals surface area contributed by atoms with Crippen LogP contribution in [-0.2, 0) is 0 Å². The summed E-state index contributed by atoms with van der Waals surface area (Å²) in [5, 5.41) is 1.40. The average Bonchev–Trinajstić information content (AvgIpc) is 3.04. The molecule has 1 N–H and O–H groups in total. The monoisotopic (exact) mass is 661 g/mol. The molecule has 1 aliphatic rings. The Labute approximate surface area is 160 Å². The number of rotatable bonds is 3. The van der Waals surface area contributed by atoms with Crippen LogP contribution in [0, 0.1) is 0 Å². The Morgan fingerprint density at radius 3 is 2.60 bits per heavy atom. The summed E-state index contributed by atoms with van der Waals surface area (Å²) in [6.07, 6.45) is 2.97. The van der Waals surface area contributed by atoms with Crippen molar-refractivity contribution in [1.82, 2.24) is 0 Å². The molecular weight excluding hydrogens is 643 g/mol. The van der Waals surface area contributed by atoms with Gasteiger partial charge in [-0.15, -0.1) is 0 Å². The van der Waals surface area contributed by atoms with Crippen molar-refractivity contribution < 1.29 is 18.2 Å². The summed E-state index contributed by atoms with van der Waals surface area (Å²) in [7, 11) is -0.868. The van der Waals surface area contributed by atoms with Crippen molar-refractivity contribution in [3.05, 3.63) is 24.3 Å². The van der Waals surface area contributed by atoms with E-state index in [-0.39, 0.29) is 0 Å². The molecule has 1 aromatic heterocycles. The first kappa shape index (κ1) is 18.2. The molecule has 1 fully saturated rings. The molecule has 0 unspecified atom stereocenters. The number of fused-ring (bicyclic) bond motifs is 1. The van der Waals surface area contributed by atoms with Crippen LogP contribution in [-0.4, -0.2) is 13.5 Å². The number of nitrogens with one attached hydrogen (secondary N) is 1. The molecular formula is C13H18I3NS2Si. The fraction of sp³-hybridized carbons (Fsp3) is 0.462. The fourth-order valence-corrected chi connectivity index (χ4v) is 10.1. The molecule has 7 heteroatoms. The molecule has 1 aromatic carbocycles. The molecule has 112 valence electrons. The van der Waals surface area contributed by atoms with Crippen molar-refractivity contribution in [3.63, 3.8) is 0 Å². The van der Waals surface area contributed by atoms with Crippen molar-refractivity contribution in [2.45, 2.75) is 35.8 Å². The van der Waals surface area contributed by atoms with E-state index in [9.17, 15) is 0 Å². The van der Waals surface area contributed by atoms with Gasteiger partial charge in [-0.3, -0.25) is 0 Å². The number of aromatic amines is 1. The second-order valence-corrected chi connectivity index (χ2v) is 29.4. The normalized spacial score (nSPS) is 17.1. The van der Waals surface area contributed by atoms with Crippen LogP contribution in [0.4, 0.5) is 0 Å². The van der Waals surface area contributed by atoms with Gasteiger partial charge in [0.25, 0.3) is 4.34 Å². The van der Waals surface area contributed by atoms with Crippen LogP contribution in [0.5, 0.6) is 0 Å².